The molecule has 0 radical (unpaired) electrons. The molecule has 11 heteroatoms. The van der Waals surface area contributed by atoms with Crippen LogP contribution in [-0.4, -0.2) is 39.1 Å². The second kappa shape index (κ2) is 8.88. The van der Waals surface area contributed by atoms with Crippen LogP contribution < -0.4 is 15.5 Å². The van der Waals surface area contributed by atoms with E-state index in [4.69, 9.17) is 5.73 Å². The van der Waals surface area contributed by atoms with Crippen molar-refractivity contribution in [1.29, 1.82) is 0 Å². The van der Waals surface area contributed by atoms with E-state index in [9.17, 15) is 24.3 Å². The van der Waals surface area contributed by atoms with Crippen molar-refractivity contribution in [2.24, 2.45) is 5.73 Å². The SMILES string of the molecule is CN(Cc1ccc(F)cc1)SN(O)c1cc(C(N)=O)c(NC(=O)C(C)(C)O)s1. The lowest BCUT2D eigenvalue weighted by Crippen LogP contribution is -2.36. The van der Waals surface area contributed by atoms with Crippen LogP contribution in [0.4, 0.5) is 14.4 Å². The molecule has 1 heterocycles. The van der Waals surface area contributed by atoms with Crippen LogP contribution in [0, 0.1) is 5.82 Å². The highest BCUT2D eigenvalue weighted by Gasteiger charge is 2.27. The zero-order valence-corrected chi connectivity index (χ0v) is 17.1. The number of nitrogens with zero attached hydrogens (tertiary/aromatic N) is 2. The molecule has 5 N–H and O–H groups in total. The third-order valence-electron chi connectivity index (χ3n) is 3.49. The van der Waals surface area contributed by atoms with E-state index in [-0.39, 0.29) is 21.4 Å². The molecule has 0 unspecified atom stereocenters. The Labute approximate surface area is 170 Å². The van der Waals surface area contributed by atoms with Gasteiger partial charge in [0.25, 0.3) is 11.8 Å². The zero-order valence-electron chi connectivity index (χ0n) is 15.5. The molecule has 0 saturated heterocycles. The number of rotatable bonds is 8. The van der Waals surface area contributed by atoms with Crippen LogP contribution in [0.2, 0.25) is 0 Å². The summed E-state index contributed by atoms with van der Waals surface area (Å²) in [6.45, 7) is 3.02. The molecule has 0 aliphatic heterocycles. The number of anilines is 2. The molecule has 1 aromatic heterocycles. The van der Waals surface area contributed by atoms with Crippen molar-refractivity contribution in [3.8, 4) is 0 Å². The van der Waals surface area contributed by atoms with Crippen molar-refractivity contribution in [1.82, 2.24) is 4.31 Å². The predicted octanol–water partition coefficient (Wildman–Crippen LogP) is 2.59. The van der Waals surface area contributed by atoms with Crippen LogP contribution in [0.3, 0.4) is 0 Å². The minimum absolute atomic E-state index is 0.0124. The fourth-order valence-corrected chi connectivity index (χ4v) is 3.75. The van der Waals surface area contributed by atoms with Gasteiger partial charge in [0.05, 0.1) is 17.7 Å². The molecule has 28 heavy (non-hydrogen) atoms. The summed E-state index contributed by atoms with van der Waals surface area (Å²) in [4.78, 5) is 23.6. The number of aliphatic hydroxyl groups is 1. The van der Waals surface area contributed by atoms with E-state index < -0.39 is 17.4 Å². The van der Waals surface area contributed by atoms with Crippen LogP contribution in [0.5, 0.6) is 0 Å². The largest absolute Gasteiger partial charge is 0.381 e. The molecule has 152 valence electrons. The molecule has 0 saturated carbocycles. The summed E-state index contributed by atoms with van der Waals surface area (Å²) in [5, 5.41) is 22.9. The van der Waals surface area contributed by atoms with Gasteiger partial charge in [0.1, 0.15) is 21.4 Å². The van der Waals surface area contributed by atoms with E-state index in [2.05, 4.69) is 5.32 Å². The number of hydrogen-bond acceptors (Lipinski definition) is 8. The Bertz CT molecular complexity index is 852. The number of halogens is 1. The van der Waals surface area contributed by atoms with Crippen molar-refractivity contribution in [3.63, 3.8) is 0 Å². The number of carbonyl (C=O) groups excluding carboxylic acids is 2. The Kier molecular flexibility index (Phi) is 7.01. The van der Waals surface area contributed by atoms with Crippen LogP contribution in [0.15, 0.2) is 30.3 Å². The molecule has 8 nitrogen and oxygen atoms in total. The first-order chi connectivity index (χ1) is 13.0. The third-order valence-corrected chi connectivity index (χ3v) is 5.39. The maximum Gasteiger partial charge on any atom is 0.256 e. The summed E-state index contributed by atoms with van der Waals surface area (Å²) in [5.74, 6) is -1.83. The number of hydrogen-bond donors (Lipinski definition) is 4. The van der Waals surface area contributed by atoms with Gasteiger partial charge in [-0.1, -0.05) is 23.5 Å². The monoisotopic (exact) mass is 428 g/mol. The van der Waals surface area contributed by atoms with Gasteiger partial charge < -0.3 is 16.2 Å². The molecule has 0 atom stereocenters. The first-order valence-corrected chi connectivity index (χ1v) is 9.62. The number of nitrogens with two attached hydrogens (primary N) is 1. The summed E-state index contributed by atoms with van der Waals surface area (Å²) in [5.41, 5.74) is 4.54. The second-order valence-corrected chi connectivity index (χ2v) is 8.64. The van der Waals surface area contributed by atoms with Crippen molar-refractivity contribution >= 4 is 45.3 Å². The number of thiophene rings is 1. The quantitative estimate of drug-likeness (QED) is 0.377. The molecule has 2 rings (SSSR count). The van der Waals surface area contributed by atoms with Gasteiger partial charge >= 0.3 is 0 Å². The highest BCUT2D eigenvalue weighted by atomic mass is 32.2. The number of benzene rings is 1. The van der Waals surface area contributed by atoms with Gasteiger partial charge in [-0.3, -0.25) is 14.8 Å². The van der Waals surface area contributed by atoms with Gasteiger partial charge in [0, 0.05) is 6.54 Å². The molecule has 2 aromatic rings. The maximum absolute atomic E-state index is 13.0. The topological polar surface area (TPSA) is 119 Å². The summed E-state index contributed by atoms with van der Waals surface area (Å²) in [7, 11) is 1.72. The number of amides is 2. The minimum atomic E-state index is -1.65. The fraction of sp³-hybridized carbons (Fsp3) is 0.294. The fourth-order valence-electron chi connectivity index (χ4n) is 2.05. The van der Waals surface area contributed by atoms with E-state index in [0.717, 1.165) is 33.5 Å². The van der Waals surface area contributed by atoms with Gasteiger partial charge in [-0.15, -0.1) is 0 Å². The number of carbonyl (C=O) groups is 2. The highest BCUT2D eigenvalue weighted by molar-refractivity contribution is 7.98. The Hall–Kier alpha value is -2.18. The van der Waals surface area contributed by atoms with Gasteiger partial charge in [0.15, 0.2) is 0 Å². The molecular formula is C17H21FN4O4S2. The maximum atomic E-state index is 13.0. The molecule has 2 amide bonds. The lowest BCUT2D eigenvalue weighted by molar-refractivity contribution is -0.130. The minimum Gasteiger partial charge on any atom is -0.381 e. The van der Waals surface area contributed by atoms with Crippen molar-refractivity contribution < 1.29 is 24.3 Å². The average molecular weight is 429 g/mol. The highest BCUT2D eigenvalue weighted by Crippen LogP contribution is 2.37. The molecule has 0 spiro atoms. The van der Waals surface area contributed by atoms with Gasteiger partial charge in [-0.05, 0) is 44.7 Å². The third kappa shape index (κ3) is 5.91. The van der Waals surface area contributed by atoms with Gasteiger partial charge in [-0.2, -0.15) is 4.47 Å². The van der Waals surface area contributed by atoms with Gasteiger partial charge in [-0.25, -0.2) is 8.70 Å². The van der Waals surface area contributed by atoms with Crippen LogP contribution in [-0.2, 0) is 11.3 Å². The summed E-state index contributed by atoms with van der Waals surface area (Å²) < 4.78 is 15.5. The number of nitrogens with one attached hydrogen (secondary N) is 1. The molecule has 0 fully saturated rings. The van der Waals surface area contributed by atoms with Crippen molar-refractivity contribution in [2.45, 2.75) is 26.0 Å². The van der Waals surface area contributed by atoms with E-state index in [1.807, 2.05) is 0 Å². The Morgan fingerprint density at radius 3 is 2.46 bits per heavy atom. The van der Waals surface area contributed by atoms with Gasteiger partial charge in [0.2, 0.25) is 0 Å². The lowest BCUT2D eigenvalue weighted by Gasteiger charge is -2.20. The van der Waals surface area contributed by atoms with E-state index in [1.165, 1.54) is 32.0 Å². The Balaban J connectivity index is 2.10. The summed E-state index contributed by atoms with van der Waals surface area (Å²) in [6.07, 6.45) is 0. The van der Waals surface area contributed by atoms with Crippen molar-refractivity contribution in [2.75, 3.05) is 16.8 Å². The molecule has 0 aliphatic carbocycles. The van der Waals surface area contributed by atoms with E-state index >= 15 is 0 Å². The Morgan fingerprint density at radius 2 is 1.93 bits per heavy atom. The van der Waals surface area contributed by atoms with Crippen LogP contribution in [0.25, 0.3) is 0 Å². The smallest absolute Gasteiger partial charge is 0.256 e. The lowest BCUT2D eigenvalue weighted by atomic mass is 10.1. The molecule has 0 bridgehead atoms. The predicted molar refractivity (Wildman–Crippen MR) is 107 cm³/mol. The molecule has 0 aliphatic rings. The average Bonchev–Trinajstić information content (AvgIpc) is 3.00. The van der Waals surface area contributed by atoms with E-state index in [1.54, 1.807) is 23.5 Å². The van der Waals surface area contributed by atoms with E-state index in [0.29, 0.717) is 6.54 Å². The first kappa shape index (κ1) is 22.1. The molecular weight excluding hydrogens is 407 g/mol. The second-order valence-electron chi connectivity index (χ2n) is 6.47. The van der Waals surface area contributed by atoms with Crippen LogP contribution in [0.1, 0.15) is 29.8 Å². The standard InChI is InChI=1S/C17H21FN4O4S2/c1-17(2,25)16(24)20-15-12(14(19)23)8-13(27-15)22(26)28-21(3)9-10-4-6-11(18)7-5-10/h4-8,25-26H,9H2,1-3H3,(H2,19,23)(H,20,24). The van der Waals surface area contributed by atoms with Crippen LogP contribution >= 0.6 is 23.5 Å². The summed E-state index contributed by atoms with van der Waals surface area (Å²) >= 11 is 1.86. The normalized spacial score (nSPS) is 11.5. The number of primary amides is 1. The Morgan fingerprint density at radius 1 is 1.32 bits per heavy atom. The van der Waals surface area contributed by atoms with Crippen molar-refractivity contribution in [3.05, 3.63) is 47.3 Å². The zero-order chi connectivity index (χ0) is 21.1. The summed E-state index contributed by atoms with van der Waals surface area (Å²) in [6, 6.07) is 7.30. The molecule has 1 aromatic carbocycles. The first-order valence-electron chi connectivity index (χ1n) is 8.07.